The SMILES string of the molecule is C[C@@H](O)CN1CCC(Oc2ccc(-c3n[nH]c4ccc(C(=O)NC(c5ccccn5)C5CCCC5)cc34)cc2)CC1. The van der Waals surface area contributed by atoms with E-state index in [0.29, 0.717) is 18.0 Å². The van der Waals surface area contributed by atoms with Gasteiger partial charge < -0.3 is 20.1 Å². The summed E-state index contributed by atoms with van der Waals surface area (Å²) < 4.78 is 6.26. The second-order valence-corrected chi connectivity index (χ2v) is 11.6. The molecule has 6 rings (SSSR count). The number of fused-ring (bicyclic) bond motifs is 1. The summed E-state index contributed by atoms with van der Waals surface area (Å²) in [6, 6.07) is 19.6. The van der Waals surface area contributed by atoms with Gasteiger partial charge in [-0.2, -0.15) is 5.10 Å². The number of piperidine rings is 1. The number of aromatic amines is 1. The van der Waals surface area contributed by atoms with Gasteiger partial charge in [0, 0.05) is 42.3 Å². The minimum absolute atomic E-state index is 0.0927. The highest BCUT2D eigenvalue weighted by Gasteiger charge is 2.29. The number of pyridine rings is 1. The first-order chi connectivity index (χ1) is 20.0. The number of carbonyl (C=O) groups is 1. The van der Waals surface area contributed by atoms with E-state index in [1.807, 2.05) is 67.6 Å². The molecule has 1 amide bonds. The predicted molar refractivity (Wildman–Crippen MR) is 160 cm³/mol. The van der Waals surface area contributed by atoms with E-state index in [1.54, 1.807) is 6.20 Å². The quantitative estimate of drug-likeness (QED) is 0.253. The monoisotopic (exact) mass is 553 g/mol. The molecule has 0 bridgehead atoms. The molecule has 8 nitrogen and oxygen atoms in total. The lowest BCUT2D eigenvalue weighted by Gasteiger charge is -2.32. The number of aliphatic hydroxyl groups excluding tert-OH is 1. The fourth-order valence-corrected chi connectivity index (χ4v) is 6.35. The molecular weight excluding hydrogens is 514 g/mol. The van der Waals surface area contributed by atoms with Crippen LogP contribution < -0.4 is 10.1 Å². The van der Waals surface area contributed by atoms with Crippen LogP contribution in [0.3, 0.4) is 0 Å². The molecule has 1 aliphatic carbocycles. The molecule has 8 heteroatoms. The summed E-state index contributed by atoms with van der Waals surface area (Å²) >= 11 is 0. The second kappa shape index (κ2) is 12.4. The zero-order valence-corrected chi connectivity index (χ0v) is 23.6. The molecular formula is C33H39N5O3. The number of nitrogens with one attached hydrogen (secondary N) is 2. The summed E-state index contributed by atoms with van der Waals surface area (Å²) in [6.45, 7) is 4.42. The minimum Gasteiger partial charge on any atom is -0.490 e. The van der Waals surface area contributed by atoms with Crippen LogP contribution >= 0.6 is 0 Å². The Balaban J connectivity index is 1.15. The maximum atomic E-state index is 13.5. The number of likely N-dealkylation sites (tertiary alicyclic amines) is 1. The van der Waals surface area contributed by atoms with E-state index in [4.69, 9.17) is 4.74 Å². The van der Waals surface area contributed by atoms with E-state index >= 15 is 0 Å². The molecule has 0 spiro atoms. The zero-order valence-electron chi connectivity index (χ0n) is 23.6. The number of aliphatic hydroxyl groups is 1. The number of aromatic nitrogens is 3. The van der Waals surface area contributed by atoms with Gasteiger partial charge in [0.1, 0.15) is 11.9 Å². The van der Waals surface area contributed by atoms with Gasteiger partial charge >= 0.3 is 0 Å². The number of benzene rings is 2. The molecule has 1 aliphatic heterocycles. The van der Waals surface area contributed by atoms with Crippen LogP contribution in [0.15, 0.2) is 66.9 Å². The molecule has 3 heterocycles. The number of amides is 1. The van der Waals surface area contributed by atoms with Crippen LogP contribution in [0.5, 0.6) is 5.75 Å². The fourth-order valence-electron chi connectivity index (χ4n) is 6.35. The number of hydrogen-bond acceptors (Lipinski definition) is 6. The average molecular weight is 554 g/mol. The Kier molecular flexibility index (Phi) is 8.30. The van der Waals surface area contributed by atoms with E-state index in [9.17, 15) is 9.90 Å². The van der Waals surface area contributed by atoms with Crippen molar-refractivity contribution < 1.29 is 14.6 Å². The topological polar surface area (TPSA) is 103 Å². The molecule has 2 atom stereocenters. The Bertz CT molecular complexity index is 1440. The summed E-state index contributed by atoms with van der Waals surface area (Å²) in [5.74, 6) is 1.15. The molecule has 2 aromatic heterocycles. The van der Waals surface area contributed by atoms with Crippen LogP contribution in [-0.2, 0) is 0 Å². The first-order valence-electron chi connectivity index (χ1n) is 14.9. The van der Waals surface area contributed by atoms with Gasteiger partial charge in [-0.25, -0.2) is 0 Å². The van der Waals surface area contributed by atoms with E-state index in [0.717, 1.165) is 72.4 Å². The molecule has 4 aromatic rings. The summed E-state index contributed by atoms with van der Waals surface area (Å²) in [6.07, 6.45) is 8.18. The number of β-amino-alcohol motifs (C(OH)–C–C–N with tert-alkyl or cyclic N) is 1. The highest BCUT2D eigenvalue weighted by molar-refractivity contribution is 6.01. The lowest BCUT2D eigenvalue weighted by Crippen LogP contribution is -2.41. The summed E-state index contributed by atoms with van der Waals surface area (Å²) in [5, 5.41) is 21.5. The number of hydrogen-bond donors (Lipinski definition) is 3. The normalized spacial score (nSPS) is 18.4. The Morgan fingerprint density at radius 1 is 1.07 bits per heavy atom. The van der Waals surface area contributed by atoms with Crippen LogP contribution in [0.25, 0.3) is 22.2 Å². The molecule has 1 unspecified atom stereocenters. The lowest BCUT2D eigenvalue weighted by molar-refractivity contribution is 0.0673. The molecule has 3 N–H and O–H groups in total. The molecule has 2 aromatic carbocycles. The van der Waals surface area contributed by atoms with Gasteiger partial charge in [-0.15, -0.1) is 0 Å². The van der Waals surface area contributed by atoms with Gasteiger partial charge in [0.15, 0.2) is 0 Å². The van der Waals surface area contributed by atoms with Gasteiger partial charge in [-0.05, 0) is 93.1 Å². The Morgan fingerprint density at radius 2 is 1.85 bits per heavy atom. The van der Waals surface area contributed by atoms with E-state index < -0.39 is 0 Å². The first kappa shape index (κ1) is 27.4. The van der Waals surface area contributed by atoms with Crippen molar-refractivity contribution in [2.75, 3.05) is 19.6 Å². The molecule has 1 saturated carbocycles. The van der Waals surface area contributed by atoms with Crippen molar-refractivity contribution in [3.63, 3.8) is 0 Å². The zero-order chi connectivity index (χ0) is 28.2. The Labute approximate surface area is 241 Å². The van der Waals surface area contributed by atoms with Gasteiger partial charge in [0.25, 0.3) is 5.91 Å². The number of ether oxygens (including phenoxy) is 1. The number of rotatable bonds is 9. The van der Waals surface area contributed by atoms with Crippen LogP contribution in [0.1, 0.15) is 67.5 Å². The summed E-state index contributed by atoms with van der Waals surface area (Å²) in [7, 11) is 0. The van der Waals surface area contributed by atoms with Crippen molar-refractivity contribution in [2.24, 2.45) is 5.92 Å². The van der Waals surface area contributed by atoms with Crippen molar-refractivity contribution in [1.29, 1.82) is 0 Å². The third-order valence-electron chi connectivity index (χ3n) is 8.48. The predicted octanol–water partition coefficient (Wildman–Crippen LogP) is 5.51. The van der Waals surface area contributed by atoms with E-state index in [-0.39, 0.29) is 24.2 Å². The van der Waals surface area contributed by atoms with Crippen LogP contribution in [0, 0.1) is 5.92 Å². The molecule has 2 aliphatic rings. The smallest absolute Gasteiger partial charge is 0.251 e. The Morgan fingerprint density at radius 3 is 2.56 bits per heavy atom. The number of nitrogens with zero attached hydrogens (tertiary/aromatic N) is 3. The third-order valence-corrected chi connectivity index (χ3v) is 8.48. The van der Waals surface area contributed by atoms with Crippen molar-refractivity contribution in [2.45, 2.75) is 63.7 Å². The van der Waals surface area contributed by atoms with Crippen molar-refractivity contribution >= 4 is 16.8 Å². The Hall–Kier alpha value is -3.75. The van der Waals surface area contributed by atoms with Crippen LogP contribution in [-0.4, -0.2) is 62.9 Å². The van der Waals surface area contributed by atoms with Crippen molar-refractivity contribution in [3.05, 3.63) is 78.1 Å². The third kappa shape index (κ3) is 6.44. The van der Waals surface area contributed by atoms with E-state index in [1.165, 1.54) is 12.8 Å². The maximum Gasteiger partial charge on any atom is 0.251 e. The minimum atomic E-state index is -0.302. The molecule has 214 valence electrons. The molecule has 41 heavy (non-hydrogen) atoms. The maximum absolute atomic E-state index is 13.5. The van der Waals surface area contributed by atoms with Gasteiger partial charge in [-0.1, -0.05) is 18.9 Å². The van der Waals surface area contributed by atoms with Crippen LogP contribution in [0.2, 0.25) is 0 Å². The molecule has 0 radical (unpaired) electrons. The molecule has 2 fully saturated rings. The average Bonchev–Trinajstić information content (AvgIpc) is 3.68. The highest BCUT2D eigenvalue weighted by Crippen LogP contribution is 2.35. The number of H-pyrrole nitrogens is 1. The van der Waals surface area contributed by atoms with Crippen LogP contribution in [0.4, 0.5) is 0 Å². The van der Waals surface area contributed by atoms with Crippen molar-refractivity contribution in [1.82, 2.24) is 25.4 Å². The second-order valence-electron chi connectivity index (χ2n) is 11.6. The first-order valence-corrected chi connectivity index (χ1v) is 14.9. The summed E-state index contributed by atoms with van der Waals surface area (Å²) in [5.41, 5.74) is 4.19. The molecule has 1 saturated heterocycles. The van der Waals surface area contributed by atoms with Gasteiger partial charge in [0.2, 0.25) is 0 Å². The highest BCUT2D eigenvalue weighted by atomic mass is 16.5. The summed E-state index contributed by atoms with van der Waals surface area (Å²) in [4.78, 5) is 20.4. The van der Waals surface area contributed by atoms with Gasteiger partial charge in [-0.3, -0.25) is 14.9 Å². The lowest BCUT2D eigenvalue weighted by atomic mass is 9.94. The van der Waals surface area contributed by atoms with Crippen molar-refractivity contribution in [3.8, 4) is 17.0 Å². The fraction of sp³-hybridized carbons (Fsp3) is 0.424. The number of carbonyl (C=O) groups excluding carboxylic acids is 1. The standard InChI is InChI=1S/C33H39N5O3/c1-22(39)21-38-18-15-27(16-19-38)41-26-12-9-24(10-13-26)31-28-20-25(11-14-29(28)36-37-31)33(40)35-32(23-6-2-3-7-23)30-8-4-5-17-34-30/h4-5,8-14,17,20,22-23,27,32,39H,2-3,6-7,15-16,18-19,21H2,1H3,(H,35,40)(H,36,37)/t22-,32?/m1/s1. The largest absolute Gasteiger partial charge is 0.490 e. The van der Waals surface area contributed by atoms with Gasteiger partial charge in [0.05, 0.1) is 29.1 Å². The van der Waals surface area contributed by atoms with E-state index in [2.05, 4.69) is 25.4 Å².